The number of amides is 1. The number of rotatable bonds is 7. The molecule has 1 rings (SSSR count). The third kappa shape index (κ3) is 5.96. The molecule has 0 heterocycles. The number of unbranched alkanes of at least 4 members (excludes halogenated alkanes) is 2. The number of hydrazine groups is 1. The van der Waals surface area contributed by atoms with Gasteiger partial charge in [-0.15, -0.1) is 11.8 Å². The van der Waals surface area contributed by atoms with E-state index in [-0.39, 0.29) is 5.91 Å². The second-order valence-electron chi connectivity index (χ2n) is 3.66. The summed E-state index contributed by atoms with van der Waals surface area (Å²) in [4.78, 5) is 12.0. The second kappa shape index (κ2) is 8.39. The Morgan fingerprint density at radius 3 is 2.76 bits per heavy atom. The van der Waals surface area contributed by atoms with E-state index in [4.69, 9.17) is 17.4 Å². The van der Waals surface area contributed by atoms with Gasteiger partial charge < -0.3 is 0 Å². The van der Waals surface area contributed by atoms with E-state index in [1.54, 1.807) is 11.8 Å². The molecule has 0 fully saturated rings. The summed E-state index contributed by atoms with van der Waals surface area (Å²) in [6, 6.07) is 7.84. The monoisotopic (exact) mass is 272 g/mol. The average molecular weight is 273 g/mol. The third-order valence-corrected chi connectivity index (χ3v) is 3.90. The van der Waals surface area contributed by atoms with Gasteiger partial charge in [0, 0.05) is 11.3 Å². The molecular formula is C12H17ClN2OS. The van der Waals surface area contributed by atoms with Gasteiger partial charge in [-0.1, -0.05) is 30.2 Å². The van der Waals surface area contributed by atoms with Crippen LogP contribution in [0.3, 0.4) is 0 Å². The maximum atomic E-state index is 10.9. The Balaban J connectivity index is 2.09. The molecular weight excluding hydrogens is 256 g/mol. The average Bonchev–Trinajstić information content (AvgIpc) is 2.35. The summed E-state index contributed by atoms with van der Waals surface area (Å²) in [5, 5.41) is 0.806. The van der Waals surface area contributed by atoms with Crippen molar-refractivity contribution in [2.45, 2.75) is 30.6 Å². The first-order valence-corrected chi connectivity index (χ1v) is 6.97. The van der Waals surface area contributed by atoms with Crippen LogP contribution in [0.2, 0.25) is 5.02 Å². The van der Waals surface area contributed by atoms with Crippen molar-refractivity contribution in [3.63, 3.8) is 0 Å². The van der Waals surface area contributed by atoms with E-state index in [0.717, 1.165) is 34.9 Å². The van der Waals surface area contributed by atoms with Gasteiger partial charge in [0.2, 0.25) is 5.91 Å². The van der Waals surface area contributed by atoms with Crippen LogP contribution in [0.5, 0.6) is 0 Å². The quantitative estimate of drug-likeness (QED) is 0.264. The lowest BCUT2D eigenvalue weighted by molar-refractivity contribution is -0.121. The zero-order valence-corrected chi connectivity index (χ0v) is 11.2. The number of halogens is 1. The topological polar surface area (TPSA) is 55.1 Å². The van der Waals surface area contributed by atoms with Gasteiger partial charge in [-0.2, -0.15) is 0 Å². The minimum Gasteiger partial charge on any atom is -0.294 e. The third-order valence-electron chi connectivity index (χ3n) is 2.30. The van der Waals surface area contributed by atoms with Crippen LogP contribution in [0.4, 0.5) is 0 Å². The van der Waals surface area contributed by atoms with Gasteiger partial charge in [0.05, 0.1) is 5.02 Å². The van der Waals surface area contributed by atoms with Crippen molar-refractivity contribution < 1.29 is 4.79 Å². The second-order valence-corrected chi connectivity index (χ2v) is 5.20. The Labute approximate surface area is 111 Å². The lowest BCUT2D eigenvalue weighted by Crippen LogP contribution is -2.29. The highest BCUT2D eigenvalue weighted by Gasteiger charge is 2.00. The zero-order chi connectivity index (χ0) is 12.5. The maximum absolute atomic E-state index is 10.9. The number of hydrogen-bond donors (Lipinski definition) is 2. The number of carbonyl (C=O) groups excluding carboxylic acids is 1. The van der Waals surface area contributed by atoms with Crippen molar-refractivity contribution in [2.24, 2.45) is 5.84 Å². The van der Waals surface area contributed by atoms with E-state index in [1.165, 1.54) is 0 Å². The highest BCUT2D eigenvalue weighted by molar-refractivity contribution is 7.99. The van der Waals surface area contributed by atoms with Crippen LogP contribution in [0.15, 0.2) is 29.2 Å². The van der Waals surface area contributed by atoms with Crippen molar-refractivity contribution in [1.82, 2.24) is 5.43 Å². The molecule has 0 saturated heterocycles. The van der Waals surface area contributed by atoms with Crippen LogP contribution < -0.4 is 11.3 Å². The molecule has 1 amide bonds. The molecule has 1 aromatic rings. The van der Waals surface area contributed by atoms with E-state index in [1.807, 2.05) is 24.3 Å². The predicted molar refractivity (Wildman–Crippen MR) is 73.0 cm³/mol. The van der Waals surface area contributed by atoms with E-state index in [2.05, 4.69) is 5.43 Å². The SMILES string of the molecule is NNC(=O)CCCCCSc1ccccc1Cl. The molecule has 0 spiro atoms. The molecule has 0 saturated carbocycles. The highest BCUT2D eigenvalue weighted by Crippen LogP contribution is 2.27. The summed E-state index contributed by atoms with van der Waals surface area (Å²) >= 11 is 7.79. The van der Waals surface area contributed by atoms with E-state index < -0.39 is 0 Å². The Bertz CT molecular complexity index is 360. The largest absolute Gasteiger partial charge is 0.294 e. The van der Waals surface area contributed by atoms with Gasteiger partial charge in [0.1, 0.15) is 0 Å². The number of hydrogen-bond acceptors (Lipinski definition) is 3. The van der Waals surface area contributed by atoms with E-state index in [9.17, 15) is 4.79 Å². The summed E-state index contributed by atoms with van der Waals surface area (Å²) in [5.41, 5.74) is 2.13. The number of benzene rings is 1. The first-order chi connectivity index (χ1) is 8.24. The fraction of sp³-hybridized carbons (Fsp3) is 0.417. The first kappa shape index (κ1) is 14.4. The molecule has 0 bridgehead atoms. The predicted octanol–water partition coefficient (Wildman–Crippen LogP) is 2.98. The molecule has 5 heteroatoms. The van der Waals surface area contributed by atoms with Crippen molar-refractivity contribution >= 4 is 29.3 Å². The summed E-state index contributed by atoms with van der Waals surface area (Å²) in [7, 11) is 0. The van der Waals surface area contributed by atoms with Gasteiger partial charge in [0.25, 0.3) is 0 Å². The van der Waals surface area contributed by atoms with Crippen LogP contribution in [-0.2, 0) is 4.79 Å². The van der Waals surface area contributed by atoms with Gasteiger partial charge in [0.15, 0.2) is 0 Å². The van der Waals surface area contributed by atoms with E-state index in [0.29, 0.717) is 6.42 Å². The Hall–Kier alpha value is -0.710. The summed E-state index contributed by atoms with van der Waals surface area (Å²) in [6.07, 6.45) is 3.50. The van der Waals surface area contributed by atoms with Gasteiger partial charge in [-0.3, -0.25) is 10.2 Å². The van der Waals surface area contributed by atoms with Gasteiger partial charge in [-0.25, -0.2) is 5.84 Å². The molecule has 0 aliphatic carbocycles. The Morgan fingerprint density at radius 2 is 2.06 bits per heavy atom. The Morgan fingerprint density at radius 1 is 1.29 bits per heavy atom. The minimum atomic E-state index is -0.0937. The lowest BCUT2D eigenvalue weighted by Gasteiger charge is -2.03. The molecule has 0 atom stereocenters. The summed E-state index contributed by atoms with van der Waals surface area (Å²) in [6.45, 7) is 0. The summed E-state index contributed by atoms with van der Waals surface area (Å²) < 4.78 is 0. The van der Waals surface area contributed by atoms with Crippen LogP contribution in [0.25, 0.3) is 0 Å². The van der Waals surface area contributed by atoms with Crippen molar-refractivity contribution in [1.29, 1.82) is 0 Å². The Kier molecular flexibility index (Phi) is 7.08. The molecule has 0 aliphatic rings. The van der Waals surface area contributed by atoms with Crippen LogP contribution in [-0.4, -0.2) is 11.7 Å². The normalized spacial score (nSPS) is 10.2. The standard InChI is InChI=1S/C12H17ClN2OS/c13-10-6-3-4-7-11(10)17-9-5-1-2-8-12(16)15-14/h3-4,6-7H,1-2,5,8-9,14H2,(H,15,16). The highest BCUT2D eigenvalue weighted by atomic mass is 35.5. The lowest BCUT2D eigenvalue weighted by atomic mass is 10.2. The molecule has 0 aliphatic heterocycles. The summed E-state index contributed by atoms with van der Waals surface area (Å²) in [5.74, 6) is 5.92. The van der Waals surface area contributed by atoms with Crippen molar-refractivity contribution in [3.05, 3.63) is 29.3 Å². The van der Waals surface area contributed by atoms with Crippen molar-refractivity contribution in [2.75, 3.05) is 5.75 Å². The van der Waals surface area contributed by atoms with Gasteiger partial charge in [-0.05, 0) is 30.7 Å². The molecule has 0 unspecified atom stereocenters. The van der Waals surface area contributed by atoms with Crippen molar-refractivity contribution in [3.8, 4) is 0 Å². The van der Waals surface area contributed by atoms with Gasteiger partial charge >= 0.3 is 0 Å². The zero-order valence-electron chi connectivity index (χ0n) is 9.62. The van der Waals surface area contributed by atoms with Crippen LogP contribution in [0, 0.1) is 0 Å². The first-order valence-electron chi connectivity index (χ1n) is 5.61. The number of thioether (sulfide) groups is 1. The molecule has 0 radical (unpaired) electrons. The fourth-order valence-corrected chi connectivity index (χ4v) is 2.63. The smallest absolute Gasteiger partial charge is 0.233 e. The molecule has 3 nitrogen and oxygen atoms in total. The van der Waals surface area contributed by atoms with E-state index >= 15 is 0 Å². The number of nitrogens with one attached hydrogen (secondary N) is 1. The molecule has 94 valence electrons. The number of carbonyl (C=O) groups is 1. The minimum absolute atomic E-state index is 0.0937. The molecule has 0 aromatic heterocycles. The number of nitrogens with two attached hydrogens (primary N) is 1. The van der Waals surface area contributed by atoms with Crippen LogP contribution in [0.1, 0.15) is 25.7 Å². The fourth-order valence-electron chi connectivity index (χ4n) is 1.38. The molecule has 1 aromatic carbocycles. The maximum Gasteiger partial charge on any atom is 0.233 e. The molecule has 3 N–H and O–H groups in total. The van der Waals surface area contributed by atoms with Crippen LogP contribution >= 0.6 is 23.4 Å². The molecule has 17 heavy (non-hydrogen) atoms.